The Labute approximate surface area is 45.3 Å². The molecule has 0 aromatic rings. The summed E-state index contributed by atoms with van der Waals surface area (Å²) < 4.78 is 11.1. The Balaban J connectivity index is 2.34. The molecule has 0 aliphatic heterocycles. The summed E-state index contributed by atoms with van der Waals surface area (Å²) in [6.45, 7) is -0.203. The first-order valence-electron chi connectivity index (χ1n) is 1.63. The van der Waals surface area contributed by atoms with Crippen LogP contribution >= 0.6 is 21.6 Å². The highest BCUT2D eigenvalue weighted by molar-refractivity contribution is 8.76. The molecule has 0 N–H and O–H groups in total. The molecule has 0 aliphatic carbocycles. The van der Waals surface area contributed by atoms with Gasteiger partial charge >= 0.3 is 0 Å². The number of halogens is 1. The predicted octanol–water partition coefficient (Wildman–Crippen LogP) is 1.97. The molecule has 0 bridgehead atoms. The highest BCUT2D eigenvalue weighted by Gasteiger charge is 1.78. The first kappa shape index (κ1) is 6.63. The van der Waals surface area contributed by atoms with Crippen molar-refractivity contribution in [2.75, 3.05) is 18.7 Å². The Hall–Kier alpha value is 0.630. The molecule has 0 aromatic heterocycles. The van der Waals surface area contributed by atoms with Crippen molar-refractivity contribution in [2.45, 2.75) is 0 Å². The SMILES string of the molecule is CSSCCF. The Bertz CT molecular complexity index is 20.8. The highest BCUT2D eigenvalue weighted by atomic mass is 33.1. The van der Waals surface area contributed by atoms with Crippen LogP contribution in [0, 0.1) is 0 Å². The number of hydrogen-bond acceptors (Lipinski definition) is 2. The molecule has 38 valence electrons. The second-order valence-electron chi connectivity index (χ2n) is 0.678. The van der Waals surface area contributed by atoms with Crippen molar-refractivity contribution >= 4 is 21.6 Å². The third-order valence-corrected chi connectivity index (χ3v) is 2.04. The van der Waals surface area contributed by atoms with E-state index in [9.17, 15) is 4.39 Å². The minimum atomic E-state index is -0.203. The molecule has 0 unspecified atom stereocenters. The van der Waals surface area contributed by atoms with Gasteiger partial charge in [0.2, 0.25) is 0 Å². The van der Waals surface area contributed by atoms with E-state index in [2.05, 4.69) is 0 Å². The van der Waals surface area contributed by atoms with Gasteiger partial charge in [-0.1, -0.05) is 21.6 Å². The van der Waals surface area contributed by atoms with Gasteiger partial charge in [0, 0.05) is 5.75 Å². The van der Waals surface area contributed by atoms with Gasteiger partial charge < -0.3 is 0 Å². The van der Waals surface area contributed by atoms with E-state index in [-0.39, 0.29) is 6.67 Å². The normalized spacial score (nSPS) is 9.00. The smallest absolute Gasteiger partial charge is 0.0993 e. The number of rotatable bonds is 3. The van der Waals surface area contributed by atoms with Crippen LogP contribution in [0.25, 0.3) is 0 Å². The Kier molecular flexibility index (Phi) is 6.22. The van der Waals surface area contributed by atoms with E-state index in [1.54, 1.807) is 21.6 Å². The Morgan fingerprint density at radius 1 is 1.67 bits per heavy atom. The Morgan fingerprint density at radius 3 is 2.50 bits per heavy atom. The minimum Gasteiger partial charge on any atom is -0.250 e. The minimum absolute atomic E-state index is 0.203. The van der Waals surface area contributed by atoms with Crippen molar-refractivity contribution in [3.8, 4) is 0 Å². The van der Waals surface area contributed by atoms with Crippen LogP contribution in [0.5, 0.6) is 0 Å². The highest BCUT2D eigenvalue weighted by Crippen LogP contribution is 2.15. The van der Waals surface area contributed by atoms with E-state index in [1.807, 2.05) is 6.26 Å². The predicted molar refractivity (Wildman–Crippen MR) is 31.9 cm³/mol. The molecular weight excluding hydrogens is 119 g/mol. The van der Waals surface area contributed by atoms with E-state index in [0.29, 0.717) is 5.75 Å². The molecule has 0 amide bonds. The molecule has 0 spiro atoms. The lowest BCUT2D eigenvalue weighted by molar-refractivity contribution is 0.533. The van der Waals surface area contributed by atoms with Crippen molar-refractivity contribution in [1.82, 2.24) is 0 Å². The lowest BCUT2D eigenvalue weighted by atomic mass is 10.9. The van der Waals surface area contributed by atoms with Gasteiger partial charge in [-0.15, -0.1) is 0 Å². The summed E-state index contributed by atoms with van der Waals surface area (Å²) in [7, 11) is 3.15. The second-order valence-corrected chi connectivity index (χ2v) is 3.36. The molecule has 0 saturated heterocycles. The van der Waals surface area contributed by atoms with Gasteiger partial charge in [-0.3, -0.25) is 4.39 Å². The van der Waals surface area contributed by atoms with E-state index in [1.165, 1.54) is 0 Å². The average Bonchev–Trinajstić information content (AvgIpc) is 1.61. The molecule has 0 aliphatic rings. The van der Waals surface area contributed by atoms with Crippen LogP contribution in [0.4, 0.5) is 4.39 Å². The summed E-state index contributed by atoms with van der Waals surface area (Å²) in [5.41, 5.74) is 0. The van der Waals surface area contributed by atoms with Gasteiger partial charge in [0.15, 0.2) is 0 Å². The zero-order valence-corrected chi connectivity index (χ0v) is 5.24. The quantitative estimate of drug-likeness (QED) is 0.419. The summed E-state index contributed by atoms with van der Waals surface area (Å²) in [6.07, 6.45) is 1.94. The summed E-state index contributed by atoms with van der Waals surface area (Å²) in [5.74, 6) is 0.626. The van der Waals surface area contributed by atoms with Gasteiger partial charge in [0.1, 0.15) is 0 Å². The maximum atomic E-state index is 11.1. The molecule has 0 heterocycles. The first-order valence-corrected chi connectivity index (χ1v) is 4.36. The number of hydrogen-bond donors (Lipinski definition) is 0. The molecule has 3 heteroatoms. The fraction of sp³-hybridized carbons (Fsp3) is 1.00. The fourth-order valence-corrected chi connectivity index (χ4v) is 1.03. The van der Waals surface area contributed by atoms with Gasteiger partial charge in [0.25, 0.3) is 0 Å². The van der Waals surface area contributed by atoms with Crippen molar-refractivity contribution in [1.29, 1.82) is 0 Å². The molecule has 0 nitrogen and oxygen atoms in total. The van der Waals surface area contributed by atoms with Crippen LogP contribution in [-0.2, 0) is 0 Å². The monoisotopic (exact) mass is 126 g/mol. The molecule has 0 saturated carbocycles. The van der Waals surface area contributed by atoms with E-state index in [4.69, 9.17) is 0 Å². The van der Waals surface area contributed by atoms with Gasteiger partial charge in [-0.2, -0.15) is 0 Å². The molecule has 0 rings (SSSR count). The van der Waals surface area contributed by atoms with Crippen LogP contribution in [0.15, 0.2) is 0 Å². The van der Waals surface area contributed by atoms with Crippen LogP contribution in [0.1, 0.15) is 0 Å². The maximum absolute atomic E-state index is 11.1. The standard InChI is InChI=1S/C3H7FS2/c1-5-6-3-2-4/h2-3H2,1H3. The van der Waals surface area contributed by atoms with Gasteiger partial charge in [-0.05, 0) is 6.26 Å². The molecule has 0 radical (unpaired) electrons. The third kappa shape index (κ3) is 4.63. The average molecular weight is 126 g/mol. The molecule has 0 aromatic carbocycles. The maximum Gasteiger partial charge on any atom is 0.0993 e. The summed E-state index contributed by atoms with van der Waals surface area (Å²) in [5, 5.41) is 0. The third-order valence-electron chi connectivity index (χ3n) is 0.278. The van der Waals surface area contributed by atoms with Crippen LogP contribution in [0.3, 0.4) is 0 Å². The van der Waals surface area contributed by atoms with Crippen molar-refractivity contribution < 1.29 is 4.39 Å². The van der Waals surface area contributed by atoms with E-state index >= 15 is 0 Å². The topological polar surface area (TPSA) is 0 Å². The molecule has 0 atom stereocenters. The summed E-state index contributed by atoms with van der Waals surface area (Å²) >= 11 is 0. The van der Waals surface area contributed by atoms with Gasteiger partial charge in [0.05, 0.1) is 6.67 Å². The molecule has 6 heavy (non-hydrogen) atoms. The van der Waals surface area contributed by atoms with Crippen molar-refractivity contribution in [3.63, 3.8) is 0 Å². The largest absolute Gasteiger partial charge is 0.250 e. The zero-order valence-electron chi connectivity index (χ0n) is 3.61. The number of alkyl halides is 1. The fourth-order valence-electron chi connectivity index (χ4n) is 0.115. The Morgan fingerprint density at radius 2 is 2.33 bits per heavy atom. The lowest BCUT2D eigenvalue weighted by Gasteiger charge is -1.84. The van der Waals surface area contributed by atoms with E-state index in [0.717, 1.165) is 0 Å². The van der Waals surface area contributed by atoms with E-state index < -0.39 is 0 Å². The first-order chi connectivity index (χ1) is 2.91. The molecular formula is C3H7FS2. The van der Waals surface area contributed by atoms with Crippen LogP contribution in [0.2, 0.25) is 0 Å². The summed E-state index contributed by atoms with van der Waals surface area (Å²) in [4.78, 5) is 0. The lowest BCUT2D eigenvalue weighted by Crippen LogP contribution is -1.72. The zero-order chi connectivity index (χ0) is 4.83. The van der Waals surface area contributed by atoms with Gasteiger partial charge in [-0.25, -0.2) is 0 Å². The second kappa shape index (κ2) is 5.63. The summed E-state index contributed by atoms with van der Waals surface area (Å²) in [6, 6.07) is 0. The van der Waals surface area contributed by atoms with Crippen LogP contribution < -0.4 is 0 Å². The van der Waals surface area contributed by atoms with Crippen molar-refractivity contribution in [2.24, 2.45) is 0 Å². The molecule has 0 fully saturated rings. The van der Waals surface area contributed by atoms with Crippen molar-refractivity contribution in [3.05, 3.63) is 0 Å². The van der Waals surface area contributed by atoms with Crippen LogP contribution in [-0.4, -0.2) is 18.7 Å².